The topological polar surface area (TPSA) is 81.4 Å². The molecule has 1 amide bonds. The van der Waals surface area contributed by atoms with Crippen molar-refractivity contribution in [3.63, 3.8) is 0 Å². The summed E-state index contributed by atoms with van der Waals surface area (Å²) in [6.45, 7) is 3.36. The first kappa shape index (κ1) is 17.9. The summed E-state index contributed by atoms with van der Waals surface area (Å²) in [5, 5.41) is 7.72. The molecule has 134 valence electrons. The number of rotatable bonds is 5. The Morgan fingerprint density at radius 3 is 2.77 bits per heavy atom. The average molecular weight is 373 g/mol. The van der Waals surface area contributed by atoms with Gasteiger partial charge in [-0.1, -0.05) is 35.0 Å². The highest BCUT2D eigenvalue weighted by atomic mass is 35.5. The van der Waals surface area contributed by atoms with Gasteiger partial charge in [0.05, 0.1) is 17.1 Å². The summed E-state index contributed by atoms with van der Waals surface area (Å²) in [5.41, 5.74) is 3.42. The smallest absolute Gasteiger partial charge is 0.312 e. The predicted molar refractivity (Wildman–Crippen MR) is 98.2 cm³/mol. The number of nitrogens with one attached hydrogen (secondary N) is 1. The molecule has 0 spiro atoms. The monoisotopic (exact) mass is 372 g/mol. The van der Waals surface area contributed by atoms with E-state index in [4.69, 9.17) is 20.9 Å². The Labute approximate surface area is 155 Å². The van der Waals surface area contributed by atoms with Crippen molar-refractivity contribution in [3.8, 4) is 0 Å². The molecule has 0 aliphatic rings. The fourth-order valence-electron chi connectivity index (χ4n) is 2.65. The van der Waals surface area contributed by atoms with Gasteiger partial charge < -0.3 is 14.6 Å². The first-order valence-corrected chi connectivity index (χ1v) is 8.37. The molecule has 2 aromatic carbocycles. The second-order valence-electron chi connectivity index (χ2n) is 5.95. The van der Waals surface area contributed by atoms with Crippen LogP contribution in [0.2, 0.25) is 5.02 Å². The van der Waals surface area contributed by atoms with Gasteiger partial charge >= 0.3 is 5.97 Å². The second-order valence-corrected chi connectivity index (χ2v) is 6.36. The molecule has 0 unspecified atom stereocenters. The number of fused-ring (bicyclic) bond motifs is 1. The molecular formula is C19H17ClN2O4. The van der Waals surface area contributed by atoms with Gasteiger partial charge in [0.1, 0.15) is 5.69 Å². The van der Waals surface area contributed by atoms with Gasteiger partial charge in [-0.25, -0.2) is 0 Å². The molecule has 1 N–H and O–H groups in total. The fraction of sp³-hybridized carbons (Fsp3) is 0.211. The number of nitrogens with zero attached hydrogens (tertiary/aromatic N) is 1. The lowest BCUT2D eigenvalue weighted by Crippen LogP contribution is -2.22. The first-order valence-electron chi connectivity index (χ1n) is 7.99. The van der Waals surface area contributed by atoms with Gasteiger partial charge in [0.15, 0.2) is 12.2 Å². The lowest BCUT2D eigenvalue weighted by atomic mass is 10.1. The number of carbonyl (C=O) groups excluding carboxylic acids is 2. The van der Waals surface area contributed by atoms with E-state index in [2.05, 4.69) is 10.5 Å². The molecule has 0 radical (unpaired) electrons. The van der Waals surface area contributed by atoms with E-state index in [0.29, 0.717) is 22.0 Å². The molecule has 0 aliphatic heterocycles. The van der Waals surface area contributed by atoms with Crippen molar-refractivity contribution in [3.05, 3.63) is 58.2 Å². The molecule has 0 fully saturated rings. The number of ether oxygens (including phenoxy) is 1. The maximum absolute atomic E-state index is 12.0. The lowest BCUT2D eigenvalue weighted by molar-refractivity contribution is -0.146. The van der Waals surface area contributed by atoms with Crippen molar-refractivity contribution in [2.24, 2.45) is 0 Å². The summed E-state index contributed by atoms with van der Waals surface area (Å²) < 4.78 is 10.2. The Hall–Kier alpha value is -2.86. The van der Waals surface area contributed by atoms with Crippen LogP contribution >= 0.6 is 11.6 Å². The predicted octanol–water partition coefficient (Wildman–Crippen LogP) is 3.82. The number of aromatic nitrogens is 1. The highest BCUT2D eigenvalue weighted by Crippen LogP contribution is 2.27. The van der Waals surface area contributed by atoms with Crippen molar-refractivity contribution >= 4 is 40.1 Å². The number of aryl methyl sites for hydroxylation is 2. The van der Waals surface area contributed by atoms with E-state index >= 15 is 0 Å². The normalized spacial score (nSPS) is 10.7. The first-order chi connectivity index (χ1) is 12.4. The van der Waals surface area contributed by atoms with Crippen LogP contribution < -0.4 is 5.32 Å². The SMILES string of the molecule is Cc1cc(C)c(NC(=O)COC(=O)Cc2noc3ccccc23)c(Cl)c1. The van der Waals surface area contributed by atoms with Gasteiger partial charge in [0.25, 0.3) is 5.91 Å². The minimum atomic E-state index is -0.564. The number of esters is 1. The molecule has 3 aromatic rings. The van der Waals surface area contributed by atoms with Crippen LogP contribution in [-0.2, 0) is 20.7 Å². The Morgan fingerprint density at radius 1 is 1.23 bits per heavy atom. The van der Waals surface area contributed by atoms with Crippen molar-refractivity contribution in [1.82, 2.24) is 5.16 Å². The summed E-state index contributed by atoms with van der Waals surface area (Å²) in [4.78, 5) is 24.0. The highest BCUT2D eigenvalue weighted by molar-refractivity contribution is 6.34. The molecule has 0 aliphatic carbocycles. The number of carbonyl (C=O) groups is 2. The number of benzene rings is 2. The lowest BCUT2D eigenvalue weighted by Gasteiger charge is -2.11. The standard InChI is InChI=1S/C19H17ClN2O4/c1-11-7-12(2)19(14(20)8-11)21-17(23)10-25-18(24)9-15-13-5-3-4-6-16(13)26-22-15/h3-8H,9-10H2,1-2H3,(H,21,23). The molecule has 0 saturated carbocycles. The van der Waals surface area contributed by atoms with Gasteiger partial charge in [-0.15, -0.1) is 0 Å². The molecule has 1 aromatic heterocycles. The third kappa shape index (κ3) is 4.03. The molecule has 0 bridgehead atoms. The van der Waals surface area contributed by atoms with E-state index in [9.17, 15) is 9.59 Å². The average Bonchev–Trinajstić information content (AvgIpc) is 2.99. The molecule has 3 rings (SSSR count). The summed E-state index contributed by atoms with van der Waals surface area (Å²) in [6.07, 6.45) is -0.0748. The summed E-state index contributed by atoms with van der Waals surface area (Å²) >= 11 is 6.15. The van der Waals surface area contributed by atoms with Gasteiger partial charge in [0, 0.05) is 5.39 Å². The van der Waals surface area contributed by atoms with Gasteiger partial charge in [-0.2, -0.15) is 0 Å². The largest absolute Gasteiger partial charge is 0.455 e. The zero-order chi connectivity index (χ0) is 18.7. The Bertz CT molecular complexity index is 958. The minimum absolute atomic E-state index is 0.0748. The summed E-state index contributed by atoms with van der Waals surface area (Å²) in [6, 6.07) is 10.9. The summed E-state index contributed by atoms with van der Waals surface area (Å²) in [7, 11) is 0. The van der Waals surface area contributed by atoms with Gasteiger partial charge in [-0.3, -0.25) is 9.59 Å². The van der Waals surface area contributed by atoms with E-state index in [1.807, 2.05) is 38.1 Å². The quantitative estimate of drug-likeness (QED) is 0.688. The molecule has 1 heterocycles. The van der Waals surface area contributed by atoms with Crippen LogP contribution in [0.1, 0.15) is 16.8 Å². The number of hydrogen-bond donors (Lipinski definition) is 1. The van der Waals surface area contributed by atoms with E-state index in [1.54, 1.807) is 12.1 Å². The maximum atomic E-state index is 12.0. The number of para-hydroxylation sites is 1. The van der Waals surface area contributed by atoms with Crippen molar-refractivity contribution < 1.29 is 18.8 Å². The van der Waals surface area contributed by atoms with Gasteiger partial charge in [-0.05, 0) is 43.2 Å². The van der Waals surface area contributed by atoms with Gasteiger partial charge in [0.2, 0.25) is 0 Å². The zero-order valence-electron chi connectivity index (χ0n) is 14.3. The van der Waals surface area contributed by atoms with Crippen LogP contribution in [0.25, 0.3) is 11.0 Å². The van der Waals surface area contributed by atoms with Crippen LogP contribution in [0.3, 0.4) is 0 Å². The van der Waals surface area contributed by atoms with Crippen LogP contribution in [0.4, 0.5) is 5.69 Å². The van der Waals surface area contributed by atoms with E-state index in [0.717, 1.165) is 16.5 Å². The highest BCUT2D eigenvalue weighted by Gasteiger charge is 2.15. The van der Waals surface area contributed by atoms with E-state index < -0.39 is 18.5 Å². The zero-order valence-corrected chi connectivity index (χ0v) is 15.1. The van der Waals surface area contributed by atoms with Crippen molar-refractivity contribution in [2.45, 2.75) is 20.3 Å². The molecule has 26 heavy (non-hydrogen) atoms. The molecular weight excluding hydrogens is 356 g/mol. The number of amides is 1. The Balaban J connectivity index is 1.57. The Kier molecular flexibility index (Phi) is 5.23. The van der Waals surface area contributed by atoms with Crippen molar-refractivity contribution in [1.29, 1.82) is 0 Å². The third-order valence-corrected chi connectivity index (χ3v) is 4.12. The molecule has 7 heteroatoms. The third-order valence-electron chi connectivity index (χ3n) is 3.82. The molecule has 0 atom stereocenters. The van der Waals surface area contributed by atoms with Crippen LogP contribution in [-0.4, -0.2) is 23.6 Å². The maximum Gasteiger partial charge on any atom is 0.312 e. The van der Waals surface area contributed by atoms with E-state index in [-0.39, 0.29) is 6.42 Å². The van der Waals surface area contributed by atoms with Crippen LogP contribution in [0.5, 0.6) is 0 Å². The summed E-state index contributed by atoms with van der Waals surface area (Å²) in [5.74, 6) is -1.02. The van der Waals surface area contributed by atoms with Crippen LogP contribution in [0.15, 0.2) is 40.9 Å². The number of halogens is 1. The second kappa shape index (κ2) is 7.58. The van der Waals surface area contributed by atoms with Crippen molar-refractivity contribution in [2.75, 3.05) is 11.9 Å². The minimum Gasteiger partial charge on any atom is -0.455 e. The van der Waals surface area contributed by atoms with E-state index in [1.165, 1.54) is 0 Å². The fourth-order valence-corrected chi connectivity index (χ4v) is 3.02. The van der Waals surface area contributed by atoms with Crippen LogP contribution in [0, 0.1) is 13.8 Å². The molecule has 6 nitrogen and oxygen atoms in total. The molecule has 0 saturated heterocycles. The number of anilines is 1. The number of hydrogen-bond acceptors (Lipinski definition) is 5. The Morgan fingerprint density at radius 2 is 2.00 bits per heavy atom.